The van der Waals surface area contributed by atoms with Gasteiger partial charge in [0.05, 0.1) is 6.54 Å². The molecule has 1 amide bonds. The van der Waals surface area contributed by atoms with Gasteiger partial charge < -0.3 is 5.32 Å². The van der Waals surface area contributed by atoms with E-state index in [-0.39, 0.29) is 24.1 Å². The van der Waals surface area contributed by atoms with Crippen LogP contribution in [0.1, 0.15) is 5.56 Å². The summed E-state index contributed by atoms with van der Waals surface area (Å²) in [6.07, 6.45) is 0. The number of piperazine rings is 1. The molecule has 0 unspecified atom stereocenters. The number of hydrogen-bond acceptors (Lipinski definition) is 3. The summed E-state index contributed by atoms with van der Waals surface area (Å²) in [5.74, 6) is -0.661. The van der Waals surface area contributed by atoms with Crippen molar-refractivity contribution in [1.82, 2.24) is 9.80 Å². The molecule has 138 valence electrons. The van der Waals surface area contributed by atoms with Gasteiger partial charge in [-0.15, -0.1) is 0 Å². The zero-order valence-electron chi connectivity index (χ0n) is 14.2. The zero-order chi connectivity index (χ0) is 18.5. The summed E-state index contributed by atoms with van der Waals surface area (Å²) in [5, 5.41) is 2.77. The van der Waals surface area contributed by atoms with Crippen molar-refractivity contribution in [2.45, 2.75) is 6.54 Å². The molecule has 7 heteroatoms. The van der Waals surface area contributed by atoms with Crippen molar-refractivity contribution in [2.75, 3.05) is 38.0 Å². The van der Waals surface area contributed by atoms with Crippen LogP contribution in [0.2, 0.25) is 0 Å². The van der Waals surface area contributed by atoms with Crippen LogP contribution in [0, 0.1) is 11.6 Å². The standard InChI is InChI=1S/C19H20BrF2N3O/c20-15-2-1-14(18(22)11-15)12-24-7-9-25(10-8-24)13-19(26)23-17-5-3-16(21)4-6-17/h1-6,11H,7-10,12-13H2,(H,23,26). The molecule has 2 aromatic carbocycles. The third-order valence-corrected chi connectivity index (χ3v) is 4.86. The van der Waals surface area contributed by atoms with E-state index in [1.54, 1.807) is 6.07 Å². The van der Waals surface area contributed by atoms with Gasteiger partial charge in [0.1, 0.15) is 11.6 Å². The SMILES string of the molecule is O=C(CN1CCN(Cc2ccc(Br)cc2F)CC1)Nc1ccc(F)cc1. The zero-order valence-corrected chi connectivity index (χ0v) is 15.8. The second-order valence-corrected chi connectivity index (χ2v) is 7.26. The first kappa shape index (κ1) is 18.9. The Labute approximate surface area is 159 Å². The largest absolute Gasteiger partial charge is 0.325 e. The lowest BCUT2D eigenvalue weighted by Crippen LogP contribution is -2.48. The minimum absolute atomic E-state index is 0.121. The molecule has 3 rings (SSSR count). The van der Waals surface area contributed by atoms with E-state index in [1.165, 1.54) is 30.3 Å². The number of nitrogens with one attached hydrogen (secondary N) is 1. The average molecular weight is 424 g/mol. The molecule has 1 saturated heterocycles. The van der Waals surface area contributed by atoms with Crippen molar-refractivity contribution >= 4 is 27.5 Å². The fourth-order valence-electron chi connectivity index (χ4n) is 2.93. The molecule has 0 radical (unpaired) electrons. The topological polar surface area (TPSA) is 35.6 Å². The van der Waals surface area contributed by atoms with Crippen LogP contribution in [-0.2, 0) is 11.3 Å². The van der Waals surface area contributed by atoms with Crippen molar-refractivity contribution < 1.29 is 13.6 Å². The Balaban J connectivity index is 1.44. The highest BCUT2D eigenvalue weighted by Crippen LogP contribution is 2.17. The van der Waals surface area contributed by atoms with Crippen LogP contribution in [-0.4, -0.2) is 48.4 Å². The van der Waals surface area contributed by atoms with Crippen LogP contribution in [0.4, 0.5) is 14.5 Å². The summed E-state index contributed by atoms with van der Waals surface area (Å²) in [7, 11) is 0. The monoisotopic (exact) mass is 423 g/mol. The van der Waals surface area contributed by atoms with E-state index >= 15 is 0 Å². The van der Waals surface area contributed by atoms with Crippen LogP contribution in [0.3, 0.4) is 0 Å². The number of carbonyl (C=O) groups is 1. The molecule has 0 saturated carbocycles. The normalized spacial score (nSPS) is 15.8. The Kier molecular flexibility index (Phi) is 6.34. The second-order valence-electron chi connectivity index (χ2n) is 6.34. The molecule has 4 nitrogen and oxygen atoms in total. The first-order valence-corrected chi connectivity index (χ1v) is 9.23. The quantitative estimate of drug-likeness (QED) is 0.799. The third kappa shape index (κ3) is 5.33. The van der Waals surface area contributed by atoms with Gasteiger partial charge in [0.25, 0.3) is 0 Å². The second kappa shape index (κ2) is 8.70. The molecule has 1 aliphatic heterocycles. The number of benzene rings is 2. The fourth-order valence-corrected chi connectivity index (χ4v) is 3.27. The Hall–Kier alpha value is -1.83. The fraction of sp³-hybridized carbons (Fsp3) is 0.316. The first-order chi connectivity index (χ1) is 12.5. The van der Waals surface area contributed by atoms with E-state index in [2.05, 4.69) is 31.0 Å². The molecule has 0 spiro atoms. The summed E-state index contributed by atoms with van der Waals surface area (Å²) >= 11 is 3.26. The lowest BCUT2D eigenvalue weighted by Gasteiger charge is -2.34. The van der Waals surface area contributed by atoms with Gasteiger partial charge >= 0.3 is 0 Å². The van der Waals surface area contributed by atoms with E-state index < -0.39 is 0 Å². The first-order valence-electron chi connectivity index (χ1n) is 8.43. The van der Waals surface area contributed by atoms with Crippen molar-refractivity contribution in [3.63, 3.8) is 0 Å². The molecule has 0 aromatic heterocycles. The van der Waals surface area contributed by atoms with Crippen LogP contribution in [0.25, 0.3) is 0 Å². The molecule has 1 fully saturated rings. The summed E-state index contributed by atoms with van der Waals surface area (Å²) in [4.78, 5) is 16.3. The average Bonchev–Trinajstić information content (AvgIpc) is 2.61. The lowest BCUT2D eigenvalue weighted by atomic mass is 10.2. The number of rotatable bonds is 5. The summed E-state index contributed by atoms with van der Waals surface area (Å²) in [5.41, 5.74) is 1.26. The minimum atomic E-state index is -0.332. The maximum absolute atomic E-state index is 13.9. The molecule has 26 heavy (non-hydrogen) atoms. The summed E-state index contributed by atoms with van der Waals surface area (Å²) in [6, 6.07) is 10.8. The number of halogens is 3. The van der Waals surface area contributed by atoms with Crippen molar-refractivity contribution in [1.29, 1.82) is 0 Å². The number of nitrogens with zero attached hydrogens (tertiary/aromatic N) is 2. The van der Waals surface area contributed by atoms with Gasteiger partial charge in [0, 0.05) is 48.4 Å². The third-order valence-electron chi connectivity index (χ3n) is 4.37. The van der Waals surface area contributed by atoms with Crippen LogP contribution < -0.4 is 5.32 Å². The van der Waals surface area contributed by atoms with Gasteiger partial charge in [0.15, 0.2) is 0 Å². The number of carbonyl (C=O) groups excluding carboxylic acids is 1. The minimum Gasteiger partial charge on any atom is -0.325 e. The van der Waals surface area contributed by atoms with Gasteiger partial charge in [-0.05, 0) is 36.4 Å². The molecule has 0 bridgehead atoms. The predicted molar refractivity (Wildman–Crippen MR) is 101 cm³/mol. The lowest BCUT2D eigenvalue weighted by molar-refractivity contribution is -0.117. The Morgan fingerprint density at radius 2 is 1.65 bits per heavy atom. The molecule has 0 atom stereocenters. The van der Waals surface area contributed by atoms with Gasteiger partial charge in [-0.25, -0.2) is 8.78 Å². The Morgan fingerprint density at radius 3 is 2.31 bits per heavy atom. The number of anilines is 1. The number of amides is 1. The van der Waals surface area contributed by atoms with E-state index in [9.17, 15) is 13.6 Å². The molecule has 1 aliphatic rings. The summed E-state index contributed by atoms with van der Waals surface area (Å²) < 4.78 is 27.6. The predicted octanol–water partition coefficient (Wildman–Crippen LogP) is 3.48. The summed E-state index contributed by atoms with van der Waals surface area (Å²) in [6.45, 7) is 3.90. The molecular weight excluding hydrogens is 404 g/mol. The molecule has 2 aromatic rings. The molecule has 1 N–H and O–H groups in total. The van der Waals surface area contributed by atoms with E-state index in [0.717, 1.165) is 30.7 Å². The molecular formula is C19H20BrF2N3O. The van der Waals surface area contributed by atoms with Crippen molar-refractivity contribution in [2.24, 2.45) is 0 Å². The van der Waals surface area contributed by atoms with Crippen LogP contribution in [0.15, 0.2) is 46.9 Å². The highest BCUT2D eigenvalue weighted by Gasteiger charge is 2.20. The highest BCUT2D eigenvalue weighted by molar-refractivity contribution is 9.10. The smallest absolute Gasteiger partial charge is 0.238 e. The Morgan fingerprint density at radius 1 is 1.00 bits per heavy atom. The Bertz CT molecular complexity index is 762. The van der Waals surface area contributed by atoms with E-state index in [1.807, 2.05) is 6.07 Å². The van der Waals surface area contributed by atoms with Gasteiger partial charge in [0.2, 0.25) is 5.91 Å². The molecule has 0 aliphatic carbocycles. The van der Waals surface area contributed by atoms with Crippen molar-refractivity contribution in [3.8, 4) is 0 Å². The van der Waals surface area contributed by atoms with Crippen LogP contribution in [0.5, 0.6) is 0 Å². The molecule has 1 heterocycles. The van der Waals surface area contributed by atoms with Gasteiger partial charge in [-0.2, -0.15) is 0 Å². The maximum Gasteiger partial charge on any atom is 0.238 e. The van der Waals surface area contributed by atoms with E-state index in [0.29, 0.717) is 17.8 Å². The van der Waals surface area contributed by atoms with E-state index in [4.69, 9.17) is 0 Å². The highest BCUT2D eigenvalue weighted by atomic mass is 79.9. The van der Waals surface area contributed by atoms with Gasteiger partial charge in [-0.3, -0.25) is 14.6 Å². The maximum atomic E-state index is 13.9. The van der Waals surface area contributed by atoms with Gasteiger partial charge in [-0.1, -0.05) is 22.0 Å². The van der Waals surface area contributed by atoms with Crippen LogP contribution >= 0.6 is 15.9 Å². The van der Waals surface area contributed by atoms with Crippen molar-refractivity contribution in [3.05, 3.63) is 64.1 Å². The number of hydrogen-bond donors (Lipinski definition) is 1.